The second-order valence-corrected chi connectivity index (χ2v) is 3.21. The highest BCUT2D eigenvalue weighted by Gasteiger charge is 2.35. The van der Waals surface area contributed by atoms with Crippen LogP contribution in [0.4, 0.5) is 0 Å². The Labute approximate surface area is 92.3 Å². The zero-order chi connectivity index (χ0) is 12.2. The zero-order valence-electron chi connectivity index (χ0n) is 8.93. The number of carbonyl (C=O) groups excluding carboxylic acids is 1. The number of amides is 1. The van der Waals surface area contributed by atoms with E-state index in [1.807, 2.05) is 0 Å². The molecule has 1 unspecified atom stereocenters. The molecule has 2 N–H and O–H groups in total. The molecule has 0 aliphatic carbocycles. The lowest BCUT2D eigenvalue weighted by molar-refractivity contribution is -0.162. The van der Waals surface area contributed by atoms with Crippen molar-refractivity contribution in [2.45, 2.75) is 12.6 Å². The fourth-order valence-electron chi connectivity index (χ4n) is 0.970. The molecule has 0 saturated carbocycles. The number of carboxylic acid groups (broad SMARTS) is 1. The van der Waals surface area contributed by atoms with Crippen molar-refractivity contribution in [3.05, 3.63) is 30.1 Å². The molecule has 0 aliphatic heterocycles. The predicted molar refractivity (Wildman–Crippen MR) is 54.8 cm³/mol. The van der Waals surface area contributed by atoms with E-state index in [4.69, 9.17) is 9.84 Å². The van der Waals surface area contributed by atoms with E-state index in [0.717, 1.165) is 0 Å². The molecule has 0 spiro atoms. The van der Waals surface area contributed by atoms with Crippen LogP contribution in [-0.4, -0.2) is 34.8 Å². The van der Waals surface area contributed by atoms with Crippen LogP contribution in [0.1, 0.15) is 17.4 Å². The molecule has 16 heavy (non-hydrogen) atoms. The third kappa shape index (κ3) is 2.54. The smallest absolute Gasteiger partial charge is 0.357 e. The van der Waals surface area contributed by atoms with E-state index >= 15 is 0 Å². The number of rotatable bonds is 4. The number of carbonyl (C=O) groups is 2. The van der Waals surface area contributed by atoms with E-state index in [2.05, 4.69) is 10.3 Å². The summed E-state index contributed by atoms with van der Waals surface area (Å²) in [6.45, 7) is 1.25. The van der Waals surface area contributed by atoms with Gasteiger partial charge in [0.05, 0.1) is 0 Å². The number of hydrogen-bond donors (Lipinski definition) is 2. The number of aliphatic carboxylic acids is 1. The van der Waals surface area contributed by atoms with Crippen LogP contribution < -0.4 is 5.32 Å². The lowest BCUT2D eigenvalue weighted by Gasteiger charge is -2.23. The number of nitrogens with one attached hydrogen (secondary N) is 1. The molecule has 1 atom stereocenters. The van der Waals surface area contributed by atoms with Gasteiger partial charge in [0.1, 0.15) is 5.69 Å². The highest BCUT2D eigenvalue weighted by Crippen LogP contribution is 2.06. The van der Waals surface area contributed by atoms with Gasteiger partial charge < -0.3 is 15.2 Å². The third-order valence-electron chi connectivity index (χ3n) is 2.07. The van der Waals surface area contributed by atoms with Crippen molar-refractivity contribution < 1.29 is 19.4 Å². The van der Waals surface area contributed by atoms with Crippen LogP contribution in [0.5, 0.6) is 0 Å². The second-order valence-electron chi connectivity index (χ2n) is 3.21. The van der Waals surface area contributed by atoms with Crippen LogP contribution in [0.25, 0.3) is 0 Å². The van der Waals surface area contributed by atoms with Crippen molar-refractivity contribution in [3.8, 4) is 0 Å². The maximum Gasteiger partial charge on any atom is 0.357 e. The summed E-state index contributed by atoms with van der Waals surface area (Å²) in [5.41, 5.74) is -1.62. The minimum atomic E-state index is -1.76. The molecular weight excluding hydrogens is 212 g/mol. The van der Waals surface area contributed by atoms with Gasteiger partial charge in [-0.25, -0.2) is 4.79 Å². The first-order valence-corrected chi connectivity index (χ1v) is 4.51. The molecule has 0 bridgehead atoms. The van der Waals surface area contributed by atoms with Crippen molar-refractivity contribution in [1.82, 2.24) is 10.3 Å². The Balaban J connectivity index is 2.82. The topological polar surface area (TPSA) is 88.5 Å². The highest BCUT2D eigenvalue weighted by atomic mass is 16.5. The molecule has 0 fully saturated rings. The molecule has 86 valence electrons. The quantitative estimate of drug-likeness (QED) is 0.716. The molecular formula is C10H12N2O4. The van der Waals surface area contributed by atoms with Crippen LogP contribution in [0.3, 0.4) is 0 Å². The summed E-state index contributed by atoms with van der Waals surface area (Å²) < 4.78 is 4.73. The average Bonchev–Trinajstić information content (AvgIpc) is 2.29. The molecule has 0 aromatic carbocycles. The molecule has 1 rings (SSSR count). The SMILES string of the molecule is COC(C)(NC(=O)c1ccccn1)C(=O)O. The van der Waals surface area contributed by atoms with Crippen LogP contribution in [0, 0.1) is 0 Å². The number of carboxylic acids is 1. The van der Waals surface area contributed by atoms with Crippen molar-refractivity contribution in [3.63, 3.8) is 0 Å². The molecule has 6 nitrogen and oxygen atoms in total. The van der Waals surface area contributed by atoms with Crippen LogP contribution >= 0.6 is 0 Å². The summed E-state index contributed by atoms with van der Waals surface area (Å²) in [5.74, 6) is -1.88. The van der Waals surface area contributed by atoms with Crippen LogP contribution in [0.15, 0.2) is 24.4 Å². The Kier molecular flexibility index (Phi) is 3.57. The fraction of sp³-hybridized carbons (Fsp3) is 0.300. The van der Waals surface area contributed by atoms with E-state index in [0.29, 0.717) is 0 Å². The van der Waals surface area contributed by atoms with Gasteiger partial charge in [-0.3, -0.25) is 9.78 Å². The molecule has 1 heterocycles. The third-order valence-corrected chi connectivity index (χ3v) is 2.07. The summed E-state index contributed by atoms with van der Waals surface area (Å²) in [6, 6.07) is 4.77. The summed E-state index contributed by atoms with van der Waals surface area (Å²) in [6.07, 6.45) is 1.44. The lowest BCUT2D eigenvalue weighted by atomic mass is 10.2. The van der Waals surface area contributed by atoms with Gasteiger partial charge in [0, 0.05) is 13.3 Å². The number of nitrogens with zero attached hydrogens (tertiary/aromatic N) is 1. The van der Waals surface area contributed by atoms with Gasteiger partial charge in [-0.2, -0.15) is 0 Å². The highest BCUT2D eigenvalue weighted by molar-refractivity contribution is 5.95. The predicted octanol–water partition coefficient (Wildman–Crippen LogP) is 0.259. The van der Waals surface area contributed by atoms with Gasteiger partial charge in [0.15, 0.2) is 0 Å². The summed E-state index contributed by atoms with van der Waals surface area (Å²) in [5, 5.41) is 11.1. The maximum atomic E-state index is 11.6. The first-order chi connectivity index (χ1) is 7.49. The Morgan fingerprint density at radius 2 is 2.19 bits per heavy atom. The Bertz CT molecular complexity index is 393. The zero-order valence-corrected chi connectivity index (χ0v) is 8.93. The van der Waals surface area contributed by atoms with E-state index in [1.54, 1.807) is 12.1 Å². The standard InChI is InChI=1S/C10H12N2O4/c1-10(16-2,9(14)15)12-8(13)7-5-3-4-6-11-7/h3-6H,1-2H3,(H,12,13)(H,14,15). The summed E-state index contributed by atoms with van der Waals surface area (Å²) in [7, 11) is 1.20. The molecule has 0 aliphatic rings. The number of pyridine rings is 1. The Hall–Kier alpha value is -1.95. The molecule has 1 aromatic heterocycles. The first kappa shape index (κ1) is 12.1. The normalized spacial score (nSPS) is 13.9. The first-order valence-electron chi connectivity index (χ1n) is 4.51. The average molecular weight is 224 g/mol. The molecule has 1 aromatic rings. The van der Waals surface area contributed by atoms with Crippen molar-refractivity contribution >= 4 is 11.9 Å². The summed E-state index contributed by atoms with van der Waals surface area (Å²) in [4.78, 5) is 26.3. The number of hydrogen-bond acceptors (Lipinski definition) is 4. The van der Waals surface area contributed by atoms with Gasteiger partial charge in [-0.15, -0.1) is 0 Å². The van der Waals surface area contributed by atoms with Gasteiger partial charge in [0.2, 0.25) is 5.72 Å². The van der Waals surface area contributed by atoms with Crippen LogP contribution in [-0.2, 0) is 9.53 Å². The van der Waals surface area contributed by atoms with Crippen molar-refractivity contribution in [2.24, 2.45) is 0 Å². The Morgan fingerprint density at radius 1 is 1.50 bits per heavy atom. The lowest BCUT2D eigenvalue weighted by Crippen LogP contribution is -2.53. The van der Waals surface area contributed by atoms with E-state index in [9.17, 15) is 9.59 Å². The van der Waals surface area contributed by atoms with Crippen molar-refractivity contribution in [1.29, 1.82) is 0 Å². The molecule has 6 heteroatoms. The minimum absolute atomic E-state index is 0.132. The summed E-state index contributed by atoms with van der Waals surface area (Å²) >= 11 is 0. The minimum Gasteiger partial charge on any atom is -0.478 e. The van der Waals surface area contributed by atoms with Crippen LogP contribution in [0.2, 0.25) is 0 Å². The largest absolute Gasteiger partial charge is 0.478 e. The van der Waals surface area contributed by atoms with Gasteiger partial charge in [0.25, 0.3) is 5.91 Å². The molecule has 0 saturated heterocycles. The number of aromatic nitrogens is 1. The second kappa shape index (κ2) is 4.71. The van der Waals surface area contributed by atoms with E-state index in [1.165, 1.54) is 26.3 Å². The number of ether oxygens (including phenoxy) is 1. The molecule has 1 amide bonds. The fourth-order valence-corrected chi connectivity index (χ4v) is 0.970. The monoisotopic (exact) mass is 224 g/mol. The molecule has 0 radical (unpaired) electrons. The van der Waals surface area contributed by atoms with Gasteiger partial charge >= 0.3 is 5.97 Å². The van der Waals surface area contributed by atoms with Gasteiger partial charge in [-0.05, 0) is 19.1 Å². The number of methoxy groups -OCH3 is 1. The van der Waals surface area contributed by atoms with E-state index < -0.39 is 17.6 Å². The van der Waals surface area contributed by atoms with Gasteiger partial charge in [-0.1, -0.05) is 6.07 Å². The Morgan fingerprint density at radius 3 is 2.62 bits per heavy atom. The van der Waals surface area contributed by atoms with Crippen molar-refractivity contribution in [2.75, 3.05) is 7.11 Å². The maximum absolute atomic E-state index is 11.6. The van der Waals surface area contributed by atoms with E-state index in [-0.39, 0.29) is 5.69 Å².